The Hall–Kier alpha value is -4.41. The molecule has 0 spiro atoms. The number of hydrogen-bond donors (Lipinski definition) is 1. The Labute approximate surface area is 393 Å². The maximum Gasteiger partial charge on any atom is 0.310 e. The minimum Gasteiger partial charge on any atom is -0.465 e. The number of fused-ring (bicyclic) bond motifs is 6. The van der Waals surface area contributed by atoms with Gasteiger partial charge in [0.15, 0.2) is 0 Å². The molecule has 12 nitrogen and oxygen atoms in total. The number of likely N-dealkylation sites (N-methyl/N-ethyl adjacent to an activating group) is 1. The summed E-state index contributed by atoms with van der Waals surface area (Å²) in [4.78, 5) is 67.3. The van der Waals surface area contributed by atoms with Crippen molar-refractivity contribution in [2.24, 2.45) is 23.2 Å². The maximum atomic E-state index is 14.7. The second-order valence-corrected chi connectivity index (χ2v) is 19.0. The first-order chi connectivity index (χ1) is 30.1. The predicted octanol–water partition coefficient (Wildman–Crippen LogP) is 7.47. The third-order valence-electron chi connectivity index (χ3n) is 13.6. The minimum absolute atomic E-state index is 0. The van der Waals surface area contributed by atoms with Crippen LogP contribution in [-0.4, -0.2) is 107 Å². The smallest absolute Gasteiger partial charge is 0.310 e. The first kappa shape index (κ1) is 49.0. The largest absolute Gasteiger partial charge is 0.465 e. The molecule has 2 fully saturated rings. The summed E-state index contributed by atoms with van der Waals surface area (Å²) in [5.74, 6) is -1.90. The Morgan fingerprint density at radius 1 is 1.03 bits per heavy atom. The second kappa shape index (κ2) is 20.8. The number of amides is 3. The average molecular weight is 1050 g/mol. The summed E-state index contributed by atoms with van der Waals surface area (Å²) in [5, 5.41) is 4.25. The van der Waals surface area contributed by atoms with Crippen molar-refractivity contribution >= 4 is 34.6 Å². The van der Waals surface area contributed by atoms with Gasteiger partial charge in [0, 0.05) is 94.6 Å². The Kier molecular flexibility index (Phi) is 16.0. The Morgan fingerprint density at radius 2 is 1.80 bits per heavy atom. The Bertz CT molecular complexity index is 2330. The zero-order chi connectivity index (χ0) is 45.2. The molecule has 7 rings (SSSR count). The molecule has 345 valence electrons. The first-order valence-corrected chi connectivity index (χ1v) is 22.9. The van der Waals surface area contributed by atoms with Gasteiger partial charge in [-0.05, 0) is 105 Å². The number of aryl methyl sites for hydroxylation is 1. The van der Waals surface area contributed by atoms with Crippen molar-refractivity contribution in [3.63, 3.8) is 0 Å². The Balaban J connectivity index is 0.00000680. The summed E-state index contributed by atoms with van der Waals surface area (Å²) in [7, 11) is 3.41. The van der Waals surface area contributed by atoms with E-state index in [1.807, 2.05) is 58.6 Å². The van der Waals surface area contributed by atoms with E-state index in [9.17, 15) is 19.2 Å². The van der Waals surface area contributed by atoms with E-state index in [4.69, 9.17) is 14.5 Å². The number of nitrogens with one attached hydrogen (secondary N) is 1. The normalized spacial score (nSPS) is 21.5. The molecule has 0 aliphatic carbocycles. The van der Waals surface area contributed by atoms with Crippen LogP contribution < -0.4 is 5.32 Å². The van der Waals surface area contributed by atoms with E-state index in [1.165, 1.54) is 0 Å². The molecule has 3 aliphatic heterocycles. The molecule has 2 aromatic heterocycles. The number of nitrogens with zero attached hydrogens (tertiary/aromatic N) is 5. The zero-order valence-electron chi connectivity index (χ0n) is 39.2. The maximum absolute atomic E-state index is 14.7. The molecule has 5 atom stereocenters. The summed E-state index contributed by atoms with van der Waals surface area (Å²) < 4.78 is 14.4. The van der Waals surface area contributed by atoms with E-state index < -0.39 is 23.4 Å². The topological polar surface area (TPSA) is 126 Å². The molecule has 5 heterocycles. The van der Waals surface area contributed by atoms with Crippen LogP contribution >= 0.6 is 0 Å². The molecule has 3 amide bonds. The minimum atomic E-state index is -0.930. The quantitative estimate of drug-likeness (QED) is 0.128. The molecule has 1 radical (unpaired) electrons. The number of hydrogen-bond acceptors (Lipinski definition) is 8. The van der Waals surface area contributed by atoms with E-state index in [0.717, 1.165) is 69.6 Å². The summed E-state index contributed by atoms with van der Waals surface area (Å²) in [6.45, 7) is 19.3. The van der Waals surface area contributed by atoms with E-state index in [0.29, 0.717) is 32.4 Å². The molecule has 64 heavy (non-hydrogen) atoms. The van der Waals surface area contributed by atoms with Crippen molar-refractivity contribution in [2.45, 2.75) is 105 Å². The fourth-order valence-corrected chi connectivity index (χ4v) is 10.1. The van der Waals surface area contributed by atoms with Crippen LogP contribution in [-0.2, 0) is 68.5 Å². The zero-order valence-corrected chi connectivity index (χ0v) is 41.9. The van der Waals surface area contributed by atoms with Gasteiger partial charge in [-0.25, -0.2) is 0 Å². The van der Waals surface area contributed by atoms with Crippen LogP contribution in [0.4, 0.5) is 0 Å². The molecular formula is C51H67N6O6Re-. The average Bonchev–Trinajstić information content (AvgIpc) is 3.89. The van der Waals surface area contributed by atoms with E-state index in [-0.39, 0.29) is 81.6 Å². The van der Waals surface area contributed by atoms with Crippen LogP contribution in [0.2, 0.25) is 0 Å². The van der Waals surface area contributed by atoms with E-state index in [2.05, 4.69) is 72.0 Å². The van der Waals surface area contributed by atoms with E-state index in [1.54, 1.807) is 24.0 Å². The number of methoxy groups -OCH3 is 1. The number of piperidine rings is 1. The third-order valence-corrected chi connectivity index (χ3v) is 13.6. The number of carbonyl (C=O) groups is 4. The Morgan fingerprint density at radius 3 is 2.50 bits per heavy atom. The summed E-state index contributed by atoms with van der Waals surface area (Å²) >= 11 is 0. The van der Waals surface area contributed by atoms with Crippen molar-refractivity contribution < 1.29 is 49.1 Å². The van der Waals surface area contributed by atoms with Gasteiger partial charge in [-0.2, -0.15) is 6.92 Å². The predicted molar refractivity (Wildman–Crippen MR) is 246 cm³/mol. The second-order valence-electron chi connectivity index (χ2n) is 19.0. The number of esters is 1. The molecule has 0 saturated carbocycles. The number of carbonyl (C=O) groups excluding carboxylic acids is 4. The van der Waals surface area contributed by atoms with Gasteiger partial charge in [-0.3, -0.25) is 30.7 Å². The molecular weight excluding hydrogens is 979 g/mol. The SMILES string of the molecule is C[CH-]N1CCC(C(=O)N(C)C(C(=O)NC2Cc3cccc(c3)-c3ccc4c(c3)c(c(-c3cccnc3C(C)OC)n4CC)CC(C)(C)COC(=O)C3CCCN(C3)C2=O)C(C)C)C1.[Re]. The standard InChI is InChI=1S/C51H67N6O6.Re/c1-10-55-24-21-37(29-55)48(59)54(8)45(32(3)4)47(58)53-42-26-34-15-12-16-35(25-34)36-19-20-43-40(27-36)41(46(57(43)11-2)39-18-13-22-52-44(39)33(5)62-9)28-51(6,7)31-63-50(61)38-17-14-23-56(30-38)49(42)60;/h10,12-13,15-16,18-20,22,25,27,32-33,37-38,42,45H,11,14,17,21,23-24,26,28-31H2,1-9H3,(H,53,58);/q-1;. The molecule has 3 aliphatic rings. The van der Waals surface area contributed by atoms with Crippen LogP contribution in [0, 0.1) is 29.7 Å². The van der Waals surface area contributed by atoms with E-state index >= 15 is 0 Å². The fraction of sp³-hybridized carbons (Fsp3) is 0.529. The fourth-order valence-electron chi connectivity index (χ4n) is 10.1. The van der Waals surface area contributed by atoms with Crippen LogP contribution in [0.3, 0.4) is 0 Å². The van der Waals surface area contributed by atoms with Crippen molar-refractivity contribution in [1.29, 1.82) is 0 Å². The molecule has 2 aromatic carbocycles. The van der Waals surface area contributed by atoms with Crippen molar-refractivity contribution in [1.82, 2.24) is 29.6 Å². The van der Waals surface area contributed by atoms with Gasteiger partial charge in [-0.15, -0.1) is 0 Å². The molecule has 6 bridgehead atoms. The summed E-state index contributed by atoms with van der Waals surface area (Å²) in [6, 6.07) is 17.2. The molecule has 4 aromatic rings. The van der Waals surface area contributed by atoms with Gasteiger partial charge < -0.3 is 34.1 Å². The number of likely N-dealkylation sites (tertiary alicyclic amines) is 1. The van der Waals surface area contributed by atoms with Crippen LogP contribution in [0.15, 0.2) is 60.8 Å². The number of aromatic nitrogens is 2. The van der Waals surface area contributed by atoms with Crippen LogP contribution in [0.25, 0.3) is 33.3 Å². The van der Waals surface area contributed by atoms with Crippen molar-refractivity contribution in [3.05, 3.63) is 84.2 Å². The molecule has 1 N–H and O–H groups in total. The van der Waals surface area contributed by atoms with Crippen molar-refractivity contribution in [3.8, 4) is 22.4 Å². The van der Waals surface area contributed by atoms with Crippen LogP contribution in [0.1, 0.15) is 90.7 Å². The third kappa shape index (κ3) is 10.3. The van der Waals surface area contributed by atoms with Gasteiger partial charge in [0.05, 0.1) is 30.0 Å². The summed E-state index contributed by atoms with van der Waals surface area (Å²) in [6.07, 6.45) is 4.41. The number of ether oxygens (including phenoxy) is 2. The van der Waals surface area contributed by atoms with Gasteiger partial charge in [0.1, 0.15) is 12.1 Å². The van der Waals surface area contributed by atoms with Gasteiger partial charge in [0.25, 0.3) is 0 Å². The first-order valence-electron chi connectivity index (χ1n) is 22.9. The monoisotopic (exact) mass is 1050 g/mol. The van der Waals surface area contributed by atoms with Gasteiger partial charge in [0.2, 0.25) is 17.7 Å². The number of cyclic esters (lactones) is 1. The van der Waals surface area contributed by atoms with Crippen LogP contribution in [0.5, 0.6) is 0 Å². The van der Waals surface area contributed by atoms with Gasteiger partial charge in [-0.1, -0.05) is 58.0 Å². The summed E-state index contributed by atoms with van der Waals surface area (Å²) in [5.41, 5.74) is 7.63. The number of rotatable bonds is 10. The number of benzene rings is 2. The molecule has 2 saturated heterocycles. The van der Waals surface area contributed by atoms with Crippen molar-refractivity contribution in [2.75, 3.05) is 46.9 Å². The number of pyridine rings is 1. The molecule has 13 heteroatoms. The molecule has 5 unspecified atom stereocenters. The van der Waals surface area contributed by atoms with Gasteiger partial charge >= 0.3 is 5.97 Å².